The number of benzene rings is 1. The zero-order valence-electron chi connectivity index (χ0n) is 11.3. The molecule has 1 rings (SSSR count). The Morgan fingerprint density at radius 2 is 1.89 bits per heavy atom. The van der Waals surface area contributed by atoms with Crippen molar-refractivity contribution in [2.24, 2.45) is 0 Å². The van der Waals surface area contributed by atoms with Gasteiger partial charge in [-0.2, -0.15) is 0 Å². The summed E-state index contributed by atoms with van der Waals surface area (Å²) in [5.41, 5.74) is 1.56. The summed E-state index contributed by atoms with van der Waals surface area (Å²) >= 11 is 0. The van der Waals surface area contributed by atoms with Crippen LogP contribution in [0.1, 0.15) is 28.8 Å². The van der Waals surface area contributed by atoms with Crippen molar-refractivity contribution in [3.8, 4) is 0 Å². The molecule has 0 radical (unpaired) electrons. The lowest BCUT2D eigenvalue weighted by molar-refractivity contribution is -0.130. The first-order valence-corrected chi connectivity index (χ1v) is 6.24. The highest BCUT2D eigenvalue weighted by molar-refractivity contribution is 5.93. The van der Waals surface area contributed by atoms with E-state index >= 15 is 0 Å². The molecule has 0 bridgehead atoms. The van der Waals surface area contributed by atoms with Crippen molar-refractivity contribution in [3.05, 3.63) is 35.4 Å². The Hall–Kier alpha value is -1.88. The first-order valence-electron chi connectivity index (χ1n) is 6.24. The molecule has 1 aromatic rings. The number of carbonyl (C=O) groups is 2. The van der Waals surface area contributed by atoms with Gasteiger partial charge in [0.05, 0.1) is 0 Å². The van der Waals surface area contributed by atoms with Crippen molar-refractivity contribution >= 4 is 11.8 Å². The monoisotopic (exact) mass is 264 g/mol. The number of aliphatic hydroxyl groups excluding tert-OH is 1. The van der Waals surface area contributed by atoms with E-state index in [1.165, 1.54) is 0 Å². The van der Waals surface area contributed by atoms with Crippen molar-refractivity contribution in [2.75, 3.05) is 20.7 Å². The minimum atomic E-state index is -0.126. The predicted molar refractivity (Wildman–Crippen MR) is 72.6 cm³/mol. The number of hydrogen-bond donors (Lipinski definition) is 2. The van der Waals surface area contributed by atoms with Gasteiger partial charge in [0.15, 0.2) is 0 Å². The van der Waals surface area contributed by atoms with Crippen LogP contribution in [0.2, 0.25) is 0 Å². The van der Waals surface area contributed by atoms with Crippen molar-refractivity contribution in [3.63, 3.8) is 0 Å². The van der Waals surface area contributed by atoms with E-state index in [9.17, 15) is 9.59 Å². The molecule has 2 amide bonds. The zero-order valence-corrected chi connectivity index (χ0v) is 11.3. The summed E-state index contributed by atoms with van der Waals surface area (Å²) in [6, 6.07) is 7.14. The molecular formula is C14H20N2O3. The Bertz CT molecular complexity index is 429. The number of nitrogens with zero attached hydrogens (tertiary/aromatic N) is 1. The fourth-order valence-electron chi connectivity index (χ4n) is 1.69. The Morgan fingerprint density at radius 3 is 2.42 bits per heavy atom. The Kier molecular flexibility index (Phi) is 6.02. The summed E-state index contributed by atoms with van der Waals surface area (Å²) < 4.78 is 0. The number of rotatable bonds is 6. The summed E-state index contributed by atoms with van der Waals surface area (Å²) in [7, 11) is 3.32. The van der Waals surface area contributed by atoms with Gasteiger partial charge in [0, 0.05) is 39.2 Å². The summed E-state index contributed by atoms with van der Waals surface area (Å²) in [5.74, 6) is -0.122. The lowest BCUT2D eigenvalue weighted by atomic mass is 10.1. The van der Waals surface area contributed by atoms with E-state index in [1.54, 1.807) is 31.1 Å². The van der Waals surface area contributed by atoms with Crippen LogP contribution in [-0.4, -0.2) is 42.5 Å². The lowest BCUT2D eigenvalue weighted by Crippen LogP contribution is -2.26. The maximum atomic E-state index is 11.7. The van der Waals surface area contributed by atoms with Crippen LogP contribution in [-0.2, 0) is 11.3 Å². The molecule has 0 aliphatic heterocycles. The normalized spacial score (nSPS) is 10.1. The Morgan fingerprint density at radius 1 is 1.26 bits per heavy atom. The highest BCUT2D eigenvalue weighted by atomic mass is 16.3. The molecule has 1 aromatic carbocycles. The van der Waals surface area contributed by atoms with Gasteiger partial charge in [-0.05, 0) is 24.1 Å². The minimum Gasteiger partial charge on any atom is -0.396 e. The van der Waals surface area contributed by atoms with Gasteiger partial charge in [-0.15, -0.1) is 0 Å². The summed E-state index contributed by atoms with van der Waals surface area (Å²) in [6.45, 7) is 0.526. The molecule has 2 N–H and O–H groups in total. The van der Waals surface area contributed by atoms with Crippen molar-refractivity contribution in [1.82, 2.24) is 10.2 Å². The molecule has 0 atom stereocenters. The van der Waals surface area contributed by atoms with Crippen LogP contribution in [0.4, 0.5) is 0 Å². The van der Waals surface area contributed by atoms with Gasteiger partial charge in [0.2, 0.25) is 5.91 Å². The average Bonchev–Trinajstić information content (AvgIpc) is 2.44. The summed E-state index contributed by atoms with van der Waals surface area (Å²) in [5, 5.41) is 11.2. The largest absolute Gasteiger partial charge is 0.396 e. The average molecular weight is 264 g/mol. The SMILES string of the molecule is CNC(=O)c1ccc(CN(C)C(=O)CCCO)cc1. The second kappa shape index (κ2) is 7.53. The second-order valence-corrected chi connectivity index (χ2v) is 4.35. The quantitative estimate of drug-likeness (QED) is 0.797. The van der Waals surface area contributed by atoms with Crippen LogP contribution in [0.25, 0.3) is 0 Å². The predicted octanol–water partition coefficient (Wildman–Crippen LogP) is 0.777. The van der Waals surface area contributed by atoms with Crippen LogP contribution in [0.5, 0.6) is 0 Å². The van der Waals surface area contributed by atoms with Crippen LogP contribution in [0, 0.1) is 0 Å². The molecule has 0 aliphatic carbocycles. The van der Waals surface area contributed by atoms with Gasteiger partial charge in [0.25, 0.3) is 5.91 Å². The van der Waals surface area contributed by atoms with E-state index in [0.717, 1.165) is 5.56 Å². The topological polar surface area (TPSA) is 69.6 Å². The zero-order chi connectivity index (χ0) is 14.3. The second-order valence-electron chi connectivity index (χ2n) is 4.35. The molecule has 104 valence electrons. The third kappa shape index (κ3) is 4.71. The highest BCUT2D eigenvalue weighted by Crippen LogP contribution is 2.08. The Balaban J connectivity index is 2.57. The lowest BCUT2D eigenvalue weighted by Gasteiger charge is -2.17. The third-order valence-corrected chi connectivity index (χ3v) is 2.84. The standard InChI is InChI=1S/C14H20N2O3/c1-15-14(19)12-7-5-11(6-8-12)10-16(2)13(18)4-3-9-17/h5-8,17H,3-4,9-10H2,1-2H3,(H,15,19). The van der Waals surface area contributed by atoms with Crippen LogP contribution in [0.15, 0.2) is 24.3 Å². The maximum absolute atomic E-state index is 11.7. The van der Waals surface area contributed by atoms with Crippen LogP contribution >= 0.6 is 0 Å². The van der Waals surface area contributed by atoms with Gasteiger partial charge < -0.3 is 15.3 Å². The fraction of sp³-hybridized carbons (Fsp3) is 0.429. The van der Waals surface area contributed by atoms with E-state index in [0.29, 0.717) is 24.9 Å². The van der Waals surface area contributed by atoms with E-state index in [4.69, 9.17) is 5.11 Å². The van der Waals surface area contributed by atoms with Crippen molar-refractivity contribution in [1.29, 1.82) is 0 Å². The molecule has 19 heavy (non-hydrogen) atoms. The number of nitrogens with one attached hydrogen (secondary N) is 1. The number of carbonyl (C=O) groups excluding carboxylic acids is 2. The molecule has 0 fully saturated rings. The summed E-state index contributed by atoms with van der Waals surface area (Å²) in [6.07, 6.45) is 0.835. The van der Waals surface area contributed by atoms with Gasteiger partial charge in [-0.3, -0.25) is 9.59 Å². The number of amides is 2. The van der Waals surface area contributed by atoms with E-state index < -0.39 is 0 Å². The molecule has 0 aromatic heterocycles. The van der Waals surface area contributed by atoms with Crippen molar-refractivity contribution in [2.45, 2.75) is 19.4 Å². The molecule has 0 saturated carbocycles. The molecule has 0 saturated heterocycles. The van der Waals surface area contributed by atoms with E-state index in [-0.39, 0.29) is 18.4 Å². The van der Waals surface area contributed by atoms with E-state index in [1.807, 2.05) is 12.1 Å². The minimum absolute atomic E-state index is 0.00410. The molecule has 5 nitrogen and oxygen atoms in total. The fourth-order valence-corrected chi connectivity index (χ4v) is 1.69. The van der Waals surface area contributed by atoms with Gasteiger partial charge in [-0.25, -0.2) is 0 Å². The summed E-state index contributed by atoms with van der Waals surface area (Å²) in [4.78, 5) is 24.7. The first-order chi connectivity index (χ1) is 9.08. The molecular weight excluding hydrogens is 244 g/mol. The molecule has 0 heterocycles. The van der Waals surface area contributed by atoms with Crippen molar-refractivity contribution < 1.29 is 14.7 Å². The number of aliphatic hydroxyl groups is 1. The molecule has 5 heteroatoms. The maximum Gasteiger partial charge on any atom is 0.251 e. The third-order valence-electron chi connectivity index (χ3n) is 2.84. The highest BCUT2D eigenvalue weighted by Gasteiger charge is 2.09. The van der Waals surface area contributed by atoms with Gasteiger partial charge in [0.1, 0.15) is 0 Å². The van der Waals surface area contributed by atoms with Gasteiger partial charge in [-0.1, -0.05) is 12.1 Å². The smallest absolute Gasteiger partial charge is 0.251 e. The molecule has 0 spiro atoms. The van der Waals surface area contributed by atoms with Gasteiger partial charge >= 0.3 is 0 Å². The molecule has 0 aliphatic rings. The number of hydrogen-bond acceptors (Lipinski definition) is 3. The van der Waals surface area contributed by atoms with E-state index in [2.05, 4.69) is 5.32 Å². The Labute approximate surface area is 113 Å². The molecule has 0 unspecified atom stereocenters. The van der Waals surface area contributed by atoms with Crippen LogP contribution < -0.4 is 5.32 Å². The van der Waals surface area contributed by atoms with Crippen LogP contribution in [0.3, 0.4) is 0 Å². The first kappa shape index (κ1) is 15.2.